The molecule has 6 heteroatoms. The van der Waals surface area contributed by atoms with E-state index in [0.29, 0.717) is 5.56 Å². The van der Waals surface area contributed by atoms with Crippen LogP contribution < -0.4 is 5.32 Å². The van der Waals surface area contributed by atoms with E-state index < -0.39 is 0 Å². The van der Waals surface area contributed by atoms with Gasteiger partial charge in [-0.25, -0.2) is 9.37 Å². The number of benzene rings is 2. The lowest BCUT2D eigenvalue weighted by molar-refractivity contribution is -0.120. The highest BCUT2D eigenvalue weighted by atomic mass is 32.1. The van der Waals surface area contributed by atoms with Crippen molar-refractivity contribution in [3.8, 4) is 11.3 Å². The van der Waals surface area contributed by atoms with Gasteiger partial charge in [-0.05, 0) is 6.07 Å². The van der Waals surface area contributed by atoms with Crippen LogP contribution in [0.1, 0.15) is 11.3 Å². The number of nitrogens with zero attached hydrogens (tertiary/aromatic N) is 2. The molecule has 0 saturated heterocycles. The summed E-state index contributed by atoms with van der Waals surface area (Å²) in [6.45, 7) is 0.179. The van der Waals surface area contributed by atoms with Crippen molar-refractivity contribution in [2.45, 2.75) is 13.0 Å². The first-order chi connectivity index (χ1) is 12.7. The van der Waals surface area contributed by atoms with Gasteiger partial charge >= 0.3 is 0 Å². The molecule has 0 spiro atoms. The molecule has 0 radical (unpaired) electrons. The fourth-order valence-electron chi connectivity index (χ4n) is 2.77. The molecule has 0 saturated carbocycles. The third kappa shape index (κ3) is 3.36. The molecule has 0 aliphatic carbocycles. The van der Waals surface area contributed by atoms with Crippen LogP contribution in [0.2, 0.25) is 0 Å². The Morgan fingerprint density at radius 3 is 2.69 bits per heavy atom. The standard InChI is InChI=1S/C20H16FN3OS/c21-17-9-5-4-8-15(17)11-22-19(25)10-16-13-26-20-23-18(12-24(16)20)14-6-2-1-3-7-14/h1-9,12-13H,10-11H2,(H,22,25). The van der Waals surface area contributed by atoms with Crippen LogP contribution in [0.25, 0.3) is 16.2 Å². The number of hydrogen-bond donors (Lipinski definition) is 1. The second kappa shape index (κ2) is 7.09. The van der Waals surface area contributed by atoms with Crippen LogP contribution in [-0.4, -0.2) is 15.3 Å². The Balaban J connectivity index is 1.48. The summed E-state index contributed by atoms with van der Waals surface area (Å²) in [7, 11) is 0. The Morgan fingerprint density at radius 1 is 1.12 bits per heavy atom. The highest BCUT2D eigenvalue weighted by molar-refractivity contribution is 7.15. The second-order valence-electron chi connectivity index (χ2n) is 5.92. The number of thiazole rings is 1. The van der Waals surface area contributed by atoms with E-state index >= 15 is 0 Å². The van der Waals surface area contributed by atoms with Gasteiger partial charge in [0.2, 0.25) is 5.91 Å². The lowest BCUT2D eigenvalue weighted by Gasteiger charge is -2.06. The predicted octanol–water partition coefficient (Wildman–Crippen LogP) is 4.06. The molecule has 1 amide bonds. The van der Waals surface area contributed by atoms with Gasteiger partial charge in [-0.2, -0.15) is 0 Å². The SMILES string of the molecule is O=C(Cc1csc2nc(-c3ccccc3)cn12)NCc1ccccc1F. The molecule has 2 aromatic carbocycles. The van der Waals surface area contributed by atoms with Crippen molar-refractivity contribution in [3.63, 3.8) is 0 Å². The Hall–Kier alpha value is -2.99. The highest BCUT2D eigenvalue weighted by Crippen LogP contribution is 2.23. The van der Waals surface area contributed by atoms with E-state index in [2.05, 4.69) is 10.3 Å². The van der Waals surface area contributed by atoms with E-state index in [-0.39, 0.29) is 24.7 Å². The first kappa shape index (κ1) is 16.5. The minimum Gasteiger partial charge on any atom is -0.352 e. The first-order valence-electron chi connectivity index (χ1n) is 8.22. The smallest absolute Gasteiger partial charge is 0.226 e. The number of nitrogens with one attached hydrogen (secondary N) is 1. The van der Waals surface area contributed by atoms with Crippen LogP contribution in [0, 0.1) is 5.82 Å². The quantitative estimate of drug-likeness (QED) is 0.580. The maximum absolute atomic E-state index is 13.6. The van der Waals surface area contributed by atoms with E-state index in [1.807, 2.05) is 46.3 Å². The number of carbonyl (C=O) groups excluding carboxylic acids is 1. The second-order valence-corrected chi connectivity index (χ2v) is 6.75. The van der Waals surface area contributed by atoms with E-state index in [0.717, 1.165) is 21.9 Å². The third-order valence-electron chi connectivity index (χ3n) is 4.13. The molecule has 0 atom stereocenters. The number of rotatable bonds is 5. The summed E-state index contributed by atoms with van der Waals surface area (Å²) in [5.41, 5.74) is 3.26. The van der Waals surface area contributed by atoms with Crippen LogP contribution in [-0.2, 0) is 17.8 Å². The summed E-state index contributed by atoms with van der Waals surface area (Å²) in [6.07, 6.45) is 2.17. The summed E-state index contributed by atoms with van der Waals surface area (Å²) in [6, 6.07) is 16.4. The zero-order valence-corrected chi connectivity index (χ0v) is 14.7. The molecule has 0 fully saturated rings. The summed E-state index contributed by atoms with van der Waals surface area (Å²) in [5.74, 6) is -0.462. The van der Waals surface area contributed by atoms with Crippen LogP contribution in [0.3, 0.4) is 0 Å². The van der Waals surface area contributed by atoms with Gasteiger partial charge in [0.15, 0.2) is 4.96 Å². The van der Waals surface area contributed by atoms with Crippen LogP contribution >= 0.6 is 11.3 Å². The number of imidazole rings is 1. The number of halogens is 1. The first-order valence-corrected chi connectivity index (χ1v) is 9.09. The van der Waals surface area contributed by atoms with E-state index in [1.54, 1.807) is 18.2 Å². The van der Waals surface area contributed by atoms with E-state index in [9.17, 15) is 9.18 Å². The van der Waals surface area contributed by atoms with Gasteiger partial charge in [0, 0.05) is 34.9 Å². The van der Waals surface area contributed by atoms with Gasteiger partial charge in [-0.3, -0.25) is 9.20 Å². The Kier molecular flexibility index (Phi) is 4.50. The average molecular weight is 365 g/mol. The molecular formula is C20H16FN3OS. The van der Waals surface area contributed by atoms with Gasteiger partial charge in [0.1, 0.15) is 5.82 Å². The van der Waals surface area contributed by atoms with Gasteiger partial charge in [0.25, 0.3) is 0 Å². The molecule has 0 aliphatic heterocycles. The van der Waals surface area contributed by atoms with Crippen molar-refractivity contribution in [2.75, 3.05) is 0 Å². The van der Waals surface area contributed by atoms with Crippen molar-refractivity contribution >= 4 is 22.2 Å². The van der Waals surface area contributed by atoms with Crippen molar-refractivity contribution in [3.05, 3.63) is 83.2 Å². The molecule has 4 aromatic rings. The largest absolute Gasteiger partial charge is 0.352 e. The number of amides is 1. The highest BCUT2D eigenvalue weighted by Gasteiger charge is 2.13. The van der Waals surface area contributed by atoms with Gasteiger partial charge in [-0.15, -0.1) is 11.3 Å². The fourth-order valence-corrected chi connectivity index (χ4v) is 3.64. The molecule has 2 aromatic heterocycles. The Morgan fingerprint density at radius 2 is 1.88 bits per heavy atom. The summed E-state index contributed by atoms with van der Waals surface area (Å²) >= 11 is 1.50. The normalized spacial score (nSPS) is 11.0. The van der Waals surface area contributed by atoms with Crippen molar-refractivity contribution in [2.24, 2.45) is 0 Å². The average Bonchev–Trinajstić information content (AvgIpc) is 3.24. The lowest BCUT2D eigenvalue weighted by Crippen LogP contribution is -2.25. The number of carbonyl (C=O) groups is 1. The zero-order valence-electron chi connectivity index (χ0n) is 13.9. The summed E-state index contributed by atoms with van der Waals surface area (Å²) in [4.78, 5) is 17.7. The summed E-state index contributed by atoms with van der Waals surface area (Å²) in [5, 5.41) is 4.70. The predicted molar refractivity (Wildman–Crippen MR) is 100 cm³/mol. The van der Waals surface area contributed by atoms with Crippen molar-refractivity contribution in [1.29, 1.82) is 0 Å². The maximum Gasteiger partial charge on any atom is 0.226 e. The fraction of sp³-hybridized carbons (Fsp3) is 0.100. The molecule has 0 unspecified atom stereocenters. The maximum atomic E-state index is 13.6. The molecule has 130 valence electrons. The van der Waals surface area contributed by atoms with Crippen LogP contribution in [0.5, 0.6) is 0 Å². The minimum absolute atomic E-state index is 0.150. The molecule has 4 nitrogen and oxygen atoms in total. The Labute approximate surface area is 153 Å². The minimum atomic E-state index is -0.312. The monoisotopic (exact) mass is 365 g/mol. The van der Waals surface area contributed by atoms with E-state index in [1.165, 1.54) is 17.4 Å². The molecule has 2 heterocycles. The molecular weight excluding hydrogens is 349 g/mol. The molecule has 1 N–H and O–H groups in total. The van der Waals surface area contributed by atoms with Gasteiger partial charge in [-0.1, -0.05) is 48.5 Å². The zero-order chi connectivity index (χ0) is 17.9. The van der Waals surface area contributed by atoms with Crippen molar-refractivity contribution in [1.82, 2.24) is 14.7 Å². The number of aromatic nitrogens is 2. The molecule has 0 aliphatic rings. The summed E-state index contributed by atoms with van der Waals surface area (Å²) < 4.78 is 15.6. The Bertz CT molecular complexity index is 1060. The van der Waals surface area contributed by atoms with Gasteiger partial charge < -0.3 is 5.32 Å². The molecule has 4 rings (SSSR count). The topological polar surface area (TPSA) is 46.4 Å². The number of fused-ring (bicyclic) bond motifs is 1. The lowest BCUT2D eigenvalue weighted by atomic mass is 10.2. The van der Waals surface area contributed by atoms with Crippen LogP contribution in [0.15, 0.2) is 66.2 Å². The third-order valence-corrected chi connectivity index (χ3v) is 5.02. The van der Waals surface area contributed by atoms with Crippen LogP contribution in [0.4, 0.5) is 4.39 Å². The van der Waals surface area contributed by atoms with E-state index in [4.69, 9.17) is 0 Å². The van der Waals surface area contributed by atoms with Crippen molar-refractivity contribution < 1.29 is 9.18 Å². The van der Waals surface area contributed by atoms with Gasteiger partial charge in [0.05, 0.1) is 12.1 Å². The number of hydrogen-bond acceptors (Lipinski definition) is 3. The molecule has 26 heavy (non-hydrogen) atoms. The molecule has 0 bridgehead atoms.